The van der Waals surface area contributed by atoms with Crippen molar-refractivity contribution in [2.24, 2.45) is 0 Å². The van der Waals surface area contributed by atoms with Crippen molar-refractivity contribution in [2.45, 2.75) is 44.6 Å². The topological polar surface area (TPSA) is 108 Å². The van der Waals surface area contributed by atoms with Crippen LogP contribution in [-0.2, 0) is 24.1 Å². The number of rotatable bonds is 8. The molecular formula is C24H29N5O4. The number of ether oxygens (including phenoxy) is 1. The minimum Gasteiger partial charge on any atom is -0.481 e. The smallest absolute Gasteiger partial charge is 0.320 e. The Morgan fingerprint density at radius 1 is 1.15 bits per heavy atom. The molecule has 2 N–H and O–H groups in total. The highest BCUT2D eigenvalue weighted by Gasteiger charge is 2.36. The summed E-state index contributed by atoms with van der Waals surface area (Å²) < 4.78 is 5.55. The molecule has 33 heavy (non-hydrogen) atoms. The molecule has 2 aromatic heterocycles. The highest BCUT2D eigenvalue weighted by molar-refractivity contribution is 5.78. The molecule has 0 spiro atoms. The number of carboxylic acid groups (broad SMARTS) is 1. The average molecular weight is 452 g/mol. The molecule has 0 bridgehead atoms. The molecule has 3 aliphatic rings. The molecule has 0 radical (unpaired) electrons. The number of nitrogens with one attached hydrogen (secondary N) is 1. The van der Waals surface area contributed by atoms with E-state index in [-0.39, 0.29) is 12.5 Å². The number of pyridine rings is 2. The zero-order valence-electron chi connectivity index (χ0n) is 18.6. The van der Waals surface area contributed by atoms with Gasteiger partial charge >= 0.3 is 12.0 Å². The molecular weight excluding hydrogens is 422 g/mol. The summed E-state index contributed by atoms with van der Waals surface area (Å²) in [4.78, 5) is 37.4. The van der Waals surface area contributed by atoms with Crippen LogP contribution >= 0.6 is 0 Å². The van der Waals surface area contributed by atoms with Crippen molar-refractivity contribution < 1.29 is 19.4 Å². The zero-order chi connectivity index (χ0) is 22.8. The number of fused-ring (bicyclic) bond motifs is 2. The van der Waals surface area contributed by atoms with Crippen LogP contribution < -0.4 is 10.1 Å². The van der Waals surface area contributed by atoms with Gasteiger partial charge in [-0.05, 0) is 43.4 Å². The lowest BCUT2D eigenvalue weighted by Crippen LogP contribution is -2.36. The SMILES string of the molecule is O=C(O)C[C@H](c1ccc2c(n1)OCC2)N1CCN(CCCc2ccc3c(n2)NCCC3)C1=O. The highest BCUT2D eigenvalue weighted by Crippen LogP contribution is 2.31. The molecule has 9 heteroatoms. The van der Waals surface area contributed by atoms with E-state index in [1.807, 2.05) is 12.1 Å². The van der Waals surface area contributed by atoms with Gasteiger partial charge in [-0.15, -0.1) is 0 Å². The standard InChI is InChI=1S/C24H29N5O4/c30-21(31)15-20(19-8-6-17-9-14-33-23(17)27-19)29-13-12-28(24(29)32)11-2-4-18-7-5-16-3-1-10-25-22(16)26-18/h5-8,20H,1-4,9-15H2,(H,25,26)(H,30,31)/t20-/m1/s1. The van der Waals surface area contributed by atoms with Gasteiger partial charge < -0.3 is 25.0 Å². The Kier molecular flexibility index (Phi) is 6.02. The lowest BCUT2D eigenvalue weighted by atomic mass is 10.1. The first-order valence-corrected chi connectivity index (χ1v) is 11.7. The van der Waals surface area contributed by atoms with Crippen LogP contribution in [0.1, 0.15) is 47.8 Å². The predicted molar refractivity (Wildman–Crippen MR) is 121 cm³/mol. The van der Waals surface area contributed by atoms with Crippen molar-refractivity contribution >= 4 is 17.8 Å². The Hall–Kier alpha value is -3.36. The monoisotopic (exact) mass is 451 g/mol. The fourth-order valence-electron chi connectivity index (χ4n) is 4.84. The van der Waals surface area contributed by atoms with Gasteiger partial charge in [-0.3, -0.25) is 4.79 Å². The zero-order valence-corrected chi connectivity index (χ0v) is 18.6. The third-order valence-corrected chi connectivity index (χ3v) is 6.60. The molecule has 1 atom stereocenters. The Morgan fingerprint density at radius 3 is 2.91 bits per heavy atom. The van der Waals surface area contributed by atoms with Gasteiger partial charge in [-0.2, -0.15) is 0 Å². The van der Waals surface area contributed by atoms with Crippen LogP contribution in [0.15, 0.2) is 24.3 Å². The van der Waals surface area contributed by atoms with Crippen molar-refractivity contribution in [3.05, 3.63) is 46.8 Å². The molecule has 0 aliphatic carbocycles. The number of hydrogen-bond acceptors (Lipinski definition) is 6. The number of aryl methyl sites for hydroxylation is 2. The highest BCUT2D eigenvalue weighted by atomic mass is 16.5. The number of carboxylic acids is 1. The van der Waals surface area contributed by atoms with Crippen molar-refractivity contribution in [3.63, 3.8) is 0 Å². The first-order chi connectivity index (χ1) is 16.1. The molecule has 0 aromatic carbocycles. The molecule has 1 fully saturated rings. The van der Waals surface area contributed by atoms with Crippen molar-refractivity contribution in [1.82, 2.24) is 19.8 Å². The molecule has 3 aliphatic heterocycles. The maximum atomic E-state index is 13.1. The summed E-state index contributed by atoms with van der Waals surface area (Å²) in [5.74, 6) is 0.588. The molecule has 0 unspecified atom stereocenters. The molecule has 2 amide bonds. The van der Waals surface area contributed by atoms with Gasteiger partial charge in [0.25, 0.3) is 0 Å². The fraction of sp³-hybridized carbons (Fsp3) is 0.500. The number of carbonyl (C=O) groups excluding carboxylic acids is 1. The van der Waals surface area contributed by atoms with Crippen LogP contribution in [-0.4, -0.2) is 69.7 Å². The third kappa shape index (κ3) is 4.58. The molecule has 0 saturated carbocycles. The van der Waals surface area contributed by atoms with Gasteiger partial charge in [-0.25, -0.2) is 14.8 Å². The van der Waals surface area contributed by atoms with Gasteiger partial charge in [0.05, 0.1) is 24.8 Å². The van der Waals surface area contributed by atoms with E-state index in [0.29, 0.717) is 37.8 Å². The molecule has 5 heterocycles. The van der Waals surface area contributed by atoms with Crippen molar-refractivity contribution in [1.29, 1.82) is 0 Å². The van der Waals surface area contributed by atoms with Crippen LogP contribution in [0.2, 0.25) is 0 Å². The Labute approximate surface area is 192 Å². The fourth-order valence-corrected chi connectivity index (χ4v) is 4.84. The quantitative estimate of drug-likeness (QED) is 0.635. The number of carbonyl (C=O) groups is 2. The number of aliphatic carboxylic acids is 1. The van der Waals surface area contributed by atoms with Crippen LogP contribution in [0, 0.1) is 0 Å². The number of nitrogens with zero attached hydrogens (tertiary/aromatic N) is 4. The Balaban J connectivity index is 1.22. The molecule has 1 saturated heterocycles. The summed E-state index contributed by atoms with van der Waals surface area (Å²) in [6.45, 7) is 3.22. The Bertz CT molecular complexity index is 1060. The lowest BCUT2D eigenvalue weighted by molar-refractivity contribution is -0.138. The van der Waals surface area contributed by atoms with Gasteiger partial charge in [0.2, 0.25) is 5.88 Å². The second kappa shape index (κ2) is 9.25. The number of amides is 2. The first-order valence-electron chi connectivity index (χ1n) is 11.7. The summed E-state index contributed by atoms with van der Waals surface area (Å²) in [5.41, 5.74) is 3.88. The minimum absolute atomic E-state index is 0.135. The number of hydrogen-bond donors (Lipinski definition) is 2. The maximum Gasteiger partial charge on any atom is 0.320 e. The second-order valence-electron chi connectivity index (χ2n) is 8.82. The van der Waals surface area contributed by atoms with E-state index in [0.717, 1.165) is 55.7 Å². The molecule has 5 rings (SSSR count). The van der Waals surface area contributed by atoms with Crippen LogP contribution in [0.5, 0.6) is 5.88 Å². The van der Waals surface area contributed by atoms with E-state index in [2.05, 4.69) is 22.4 Å². The largest absolute Gasteiger partial charge is 0.481 e. The van der Waals surface area contributed by atoms with Gasteiger partial charge in [0.1, 0.15) is 5.82 Å². The van der Waals surface area contributed by atoms with Gasteiger partial charge in [0.15, 0.2) is 0 Å². The van der Waals surface area contributed by atoms with E-state index < -0.39 is 12.0 Å². The Morgan fingerprint density at radius 2 is 2.03 bits per heavy atom. The van der Waals surface area contributed by atoms with Crippen molar-refractivity contribution in [2.75, 3.05) is 38.1 Å². The normalized spacial score (nSPS) is 17.9. The number of aromatic nitrogens is 2. The molecule has 9 nitrogen and oxygen atoms in total. The number of anilines is 1. The maximum absolute atomic E-state index is 13.1. The summed E-state index contributed by atoms with van der Waals surface area (Å²) in [6.07, 6.45) is 4.42. The third-order valence-electron chi connectivity index (χ3n) is 6.60. The minimum atomic E-state index is -0.957. The summed E-state index contributed by atoms with van der Waals surface area (Å²) >= 11 is 0. The van der Waals surface area contributed by atoms with Gasteiger partial charge in [-0.1, -0.05) is 12.1 Å². The average Bonchev–Trinajstić information content (AvgIpc) is 3.43. The van der Waals surface area contributed by atoms with Gasteiger partial charge in [0, 0.05) is 43.9 Å². The second-order valence-corrected chi connectivity index (χ2v) is 8.82. The van der Waals surface area contributed by atoms with Crippen LogP contribution in [0.4, 0.5) is 10.6 Å². The van der Waals surface area contributed by atoms with Crippen LogP contribution in [0.3, 0.4) is 0 Å². The summed E-state index contributed by atoms with van der Waals surface area (Å²) in [6, 6.07) is 7.24. The van der Waals surface area contributed by atoms with E-state index in [1.165, 1.54) is 5.56 Å². The number of urea groups is 1. The first kappa shape index (κ1) is 21.5. The predicted octanol–water partition coefficient (Wildman–Crippen LogP) is 2.66. The van der Waals surface area contributed by atoms with E-state index >= 15 is 0 Å². The molecule has 2 aromatic rings. The van der Waals surface area contributed by atoms with Crippen molar-refractivity contribution in [3.8, 4) is 5.88 Å². The van der Waals surface area contributed by atoms with E-state index in [4.69, 9.17) is 9.72 Å². The summed E-state index contributed by atoms with van der Waals surface area (Å²) in [7, 11) is 0. The lowest BCUT2D eigenvalue weighted by Gasteiger charge is -2.26. The van der Waals surface area contributed by atoms with Crippen LogP contribution in [0.25, 0.3) is 0 Å². The van der Waals surface area contributed by atoms with E-state index in [1.54, 1.807) is 9.80 Å². The van der Waals surface area contributed by atoms with E-state index in [9.17, 15) is 14.7 Å². The molecule has 174 valence electrons. The summed E-state index contributed by atoms with van der Waals surface area (Å²) in [5, 5.41) is 12.8.